The number of carbonyl (C=O) groups excluding carboxylic acids is 1. The van der Waals surface area contributed by atoms with Crippen LogP contribution < -0.4 is 9.46 Å². The second kappa shape index (κ2) is 10.4. The van der Waals surface area contributed by atoms with Gasteiger partial charge in [0.2, 0.25) is 10.0 Å². The predicted molar refractivity (Wildman–Crippen MR) is 96.4 cm³/mol. The van der Waals surface area contributed by atoms with Gasteiger partial charge in [-0.15, -0.1) is 0 Å². The van der Waals surface area contributed by atoms with Crippen LogP contribution in [0.1, 0.15) is 0 Å². The molecule has 2 rings (SSSR count). The molecule has 29 heavy (non-hydrogen) atoms. The van der Waals surface area contributed by atoms with Crippen molar-refractivity contribution in [3.05, 3.63) is 23.2 Å². The molecule has 1 saturated heterocycles. The van der Waals surface area contributed by atoms with Crippen molar-refractivity contribution in [1.82, 2.24) is 9.62 Å². The number of halogens is 4. The Morgan fingerprint density at radius 2 is 1.97 bits per heavy atom. The van der Waals surface area contributed by atoms with Crippen LogP contribution in [-0.4, -0.2) is 78.1 Å². The zero-order chi connectivity index (χ0) is 21.5. The average Bonchev–Trinajstić information content (AvgIpc) is 2.66. The molecule has 0 aromatic heterocycles. The molecule has 1 amide bonds. The van der Waals surface area contributed by atoms with Gasteiger partial charge in [-0.3, -0.25) is 4.79 Å². The average molecular weight is 461 g/mol. The van der Waals surface area contributed by atoms with Crippen LogP contribution in [0.2, 0.25) is 5.02 Å². The minimum atomic E-state index is -4.50. The molecule has 1 aliphatic heterocycles. The summed E-state index contributed by atoms with van der Waals surface area (Å²) in [5.74, 6) is -0.445. The molecule has 13 heteroatoms. The maximum absolute atomic E-state index is 12.5. The Balaban J connectivity index is 1.97. The van der Waals surface area contributed by atoms with Crippen molar-refractivity contribution in [2.45, 2.75) is 11.1 Å². The minimum absolute atomic E-state index is 0.102. The number of ether oxygens (including phenoxy) is 3. The van der Waals surface area contributed by atoms with Gasteiger partial charge in [0.25, 0.3) is 5.91 Å². The van der Waals surface area contributed by atoms with E-state index in [2.05, 4.69) is 9.46 Å². The molecule has 1 aliphatic rings. The molecule has 0 spiro atoms. The summed E-state index contributed by atoms with van der Waals surface area (Å²) < 4.78 is 78.0. The molecule has 1 aromatic rings. The van der Waals surface area contributed by atoms with E-state index < -0.39 is 42.6 Å². The lowest BCUT2D eigenvalue weighted by Gasteiger charge is -2.26. The monoisotopic (exact) mass is 460 g/mol. The number of nitrogens with one attached hydrogen (secondary N) is 1. The Morgan fingerprint density at radius 3 is 2.62 bits per heavy atom. The van der Waals surface area contributed by atoms with Crippen LogP contribution >= 0.6 is 11.6 Å². The van der Waals surface area contributed by atoms with E-state index in [-0.39, 0.29) is 21.6 Å². The number of morpholine rings is 1. The summed E-state index contributed by atoms with van der Waals surface area (Å²) in [5.41, 5.74) is 0. The Labute approximate surface area is 170 Å². The van der Waals surface area contributed by atoms with Crippen LogP contribution in [0.25, 0.3) is 0 Å². The van der Waals surface area contributed by atoms with Gasteiger partial charge < -0.3 is 19.1 Å². The maximum atomic E-state index is 12.5. The number of rotatable bonds is 9. The largest absolute Gasteiger partial charge is 0.482 e. The van der Waals surface area contributed by atoms with E-state index >= 15 is 0 Å². The molecule has 0 bridgehead atoms. The summed E-state index contributed by atoms with van der Waals surface area (Å²) >= 11 is 5.85. The number of nitrogens with zero attached hydrogens (tertiary/aromatic N) is 1. The van der Waals surface area contributed by atoms with E-state index in [9.17, 15) is 26.4 Å². The summed E-state index contributed by atoms with van der Waals surface area (Å²) in [6.07, 6.45) is -4.50. The molecular weight excluding hydrogens is 441 g/mol. The lowest BCUT2D eigenvalue weighted by Crippen LogP contribution is -2.43. The van der Waals surface area contributed by atoms with E-state index in [1.54, 1.807) is 0 Å². The van der Waals surface area contributed by atoms with Gasteiger partial charge in [0.15, 0.2) is 6.61 Å². The Kier molecular flexibility index (Phi) is 8.52. The fraction of sp³-hybridized carbons (Fsp3) is 0.562. The van der Waals surface area contributed by atoms with E-state index in [0.29, 0.717) is 26.3 Å². The molecule has 1 N–H and O–H groups in total. The van der Waals surface area contributed by atoms with Gasteiger partial charge >= 0.3 is 6.18 Å². The summed E-state index contributed by atoms with van der Waals surface area (Å²) in [6, 6.07) is 3.81. The fourth-order valence-corrected chi connectivity index (χ4v) is 3.79. The van der Waals surface area contributed by atoms with Gasteiger partial charge in [-0.05, 0) is 18.2 Å². The second-order valence-electron chi connectivity index (χ2n) is 5.94. The first-order valence-corrected chi connectivity index (χ1v) is 10.4. The SMILES string of the molecule is O=C(COc1ccc(Cl)cc1S(=O)(=O)NCCOCC(F)(F)F)N1CCOCC1. The lowest BCUT2D eigenvalue weighted by atomic mass is 10.3. The van der Waals surface area contributed by atoms with Gasteiger partial charge in [-0.2, -0.15) is 13.2 Å². The van der Waals surface area contributed by atoms with Gasteiger partial charge in [-0.1, -0.05) is 11.6 Å². The predicted octanol–water partition coefficient (Wildman–Crippen LogP) is 1.43. The molecule has 164 valence electrons. The number of hydrogen-bond donors (Lipinski definition) is 1. The Morgan fingerprint density at radius 1 is 1.28 bits per heavy atom. The number of amides is 1. The highest BCUT2D eigenvalue weighted by molar-refractivity contribution is 7.89. The molecule has 1 fully saturated rings. The topological polar surface area (TPSA) is 94.2 Å². The van der Waals surface area contributed by atoms with Crippen LogP contribution in [0.3, 0.4) is 0 Å². The highest BCUT2D eigenvalue weighted by Gasteiger charge is 2.27. The molecule has 1 aromatic carbocycles. The third-order valence-electron chi connectivity index (χ3n) is 3.71. The second-order valence-corrected chi connectivity index (χ2v) is 8.11. The van der Waals surface area contributed by atoms with Crippen molar-refractivity contribution in [3.8, 4) is 5.75 Å². The van der Waals surface area contributed by atoms with E-state index in [0.717, 1.165) is 6.07 Å². The normalized spacial score (nSPS) is 15.4. The number of sulfonamides is 1. The van der Waals surface area contributed by atoms with Crippen LogP contribution in [0.15, 0.2) is 23.1 Å². The smallest absolute Gasteiger partial charge is 0.411 e. The molecular formula is C16H20ClF3N2O6S. The number of benzene rings is 1. The van der Waals surface area contributed by atoms with E-state index in [4.69, 9.17) is 21.1 Å². The highest BCUT2D eigenvalue weighted by atomic mass is 35.5. The van der Waals surface area contributed by atoms with Crippen molar-refractivity contribution in [3.63, 3.8) is 0 Å². The molecule has 0 unspecified atom stereocenters. The van der Waals surface area contributed by atoms with Gasteiger partial charge in [0.05, 0.1) is 19.8 Å². The summed E-state index contributed by atoms with van der Waals surface area (Å²) in [4.78, 5) is 13.4. The van der Waals surface area contributed by atoms with Gasteiger partial charge in [-0.25, -0.2) is 13.1 Å². The Bertz CT molecular complexity index is 800. The number of hydrogen-bond acceptors (Lipinski definition) is 6. The summed E-state index contributed by atoms with van der Waals surface area (Å²) in [7, 11) is -4.17. The minimum Gasteiger partial charge on any atom is -0.482 e. The Hall–Kier alpha value is -1.60. The zero-order valence-electron chi connectivity index (χ0n) is 15.2. The third-order valence-corrected chi connectivity index (χ3v) is 5.43. The number of carbonyl (C=O) groups is 1. The number of alkyl halides is 3. The molecule has 0 atom stereocenters. The van der Waals surface area contributed by atoms with Crippen molar-refractivity contribution in [1.29, 1.82) is 0 Å². The van der Waals surface area contributed by atoms with E-state index in [1.807, 2.05) is 0 Å². The lowest BCUT2D eigenvalue weighted by molar-refractivity contribution is -0.173. The quantitative estimate of drug-likeness (QED) is 0.560. The molecule has 1 heterocycles. The van der Waals surface area contributed by atoms with Crippen molar-refractivity contribution < 1.29 is 40.6 Å². The van der Waals surface area contributed by atoms with Crippen LogP contribution in [0.5, 0.6) is 5.75 Å². The summed E-state index contributed by atoms with van der Waals surface area (Å²) in [5, 5.41) is 0.102. The first kappa shape index (κ1) is 23.7. The van der Waals surface area contributed by atoms with E-state index in [1.165, 1.54) is 17.0 Å². The van der Waals surface area contributed by atoms with Crippen molar-refractivity contribution >= 4 is 27.5 Å². The van der Waals surface area contributed by atoms with Crippen molar-refractivity contribution in [2.75, 3.05) is 52.7 Å². The standard InChI is InChI=1S/C16H20ClF3N2O6S/c17-12-1-2-13(28-10-15(23)22-4-7-26-8-5-22)14(9-12)29(24,25)21-3-6-27-11-16(18,19)20/h1-2,9,21H,3-8,10-11H2. The van der Waals surface area contributed by atoms with Crippen LogP contribution in [-0.2, 0) is 24.3 Å². The fourth-order valence-electron chi connectivity index (χ4n) is 2.37. The van der Waals surface area contributed by atoms with Crippen LogP contribution in [0, 0.1) is 0 Å². The highest BCUT2D eigenvalue weighted by Crippen LogP contribution is 2.27. The van der Waals surface area contributed by atoms with Crippen molar-refractivity contribution in [2.24, 2.45) is 0 Å². The van der Waals surface area contributed by atoms with Gasteiger partial charge in [0, 0.05) is 24.7 Å². The molecule has 8 nitrogen and oxygen atoms in total. The zero-order valence-corrected chi connectivity index (χ0v) is 16.8. The summed E-state index contributed by atoms with van der Waals surface area (Å²) in [6.45, 7) is -1.11. The molecule has 0 radical (unpaired) electrons. The molecule has 0 aliphatic carbocycles. The van der Waals surface area contributed by atoms with Gasteiger partial charge in [0.1, 0.15) is 17.3 Å². The first-order valence-electron chi connectivity index (χ1n) is 8.50. The molecule has 0 saturated carbocycles. The van der Waals surface area contributed by atoms with Crippen LogP contribution in [0.4, 0.5) is 13.2 Å². The third kappa shape index (κ3) is 7.97. The first-order chi connectivity index (χ1) is 13.6. The maximum Gasteiger partial charge on any atom is 0.411 e.